The smallest absolute Gasteiger partial charge is 0.326 e. The summed E-state index contributed by atoms with van der Waals surface area (Å²) in [7, 11) is 0. The molecule has 0 bridgehead atoms. The topological polar surface area (TPSA) is 200 Å². The summed E-state index contributed by atoms with van der Waals surface area (Å²) >= 11 is 0. The van der Waals surface area contributed by atoms with Crippen LogP contribution in [0.5, 0.6) is 5.75 Å². The first-order chi connectivity index (χ1) is 19.3. The Morgan fingerprint density at radius 1 is 0.756 bits per heavy atom. The number of amides is 4. The largest absolute Gasteiger partial charge is 0.508 e. The molecule has 8 N–H and O–H groups in total. The van der Waals surface area contributed by atoms with Gasteiger partial charge < -0.3 is 37.2 Å². The van der Waals surface area contributed by atoms with Crippen LogP contribution >= 0.6 is 0 Å². The predicted molar refractivity (Wildman–Crippen MR) is 151 cm³/mol. The van der Waals surface area contributed by atoms with Crippen LogP contribution in [0.2, 0.25) is 0 Å². The van der Waals surface area contributed by atoms with E-state index in [-0.39, 0.29) is 30.9 Å². The van der Waals surface area contributed by atoms with E-state index in [0.29, 0.717) is 0 Å². The molecule has 0 spiro atoms. The quantitative estimate of drug-likeness (QED) is 0.158. The fourth-order valence-electron chi connectivity index (χ4n) is 3.96. The molecule has 0 heterocycles. The molecule has 12 heteroatoms. The van der Waals surface area contributed by atoms with Crippen LogP contribution in [-0.2, 0) is 36.8 Å². The number of hydrogen-bond acceptors (Lipinski definition) is 7. The van der Waals surface area contributed by atoms with Gasteiger partial charge in [0.1, 0.15) is 23.9 Å². The van der Waals surface area contributed by atoms with Gasteiger partial charge in [-0.1, -0.05) is 56.3 Å². The molecule has 0 aromatic heterocycles. The lowest BCUT2D eigenvalue weighted by atomic mass is 10.0. The van der Waals surface area contributed by atoms with Gasteiger partial charge in [0.2, 0.25) is 23.6 Å². The van der Waals surface area contributed by atoms with Crippen molar-refractivity contribution in [3.63, 3.8) is 0 Å². The van der Waals surface area contributed by atoms with Gasteiger partial charge in [-0.25, -0.2) is 4.79 Å². The van der Waals surface area contributed by atoms with Crippen LogP contribution in [0.15, 0.2) is 54.6 Å². The molecule has 0 radical (unpaired) electrons. The zero-order valence-corrected chi connectivity index (χ0v) is 23.4. The van der Waals surface area contributed by atoms with E-state index < -0.39 is 60.3 Å². The molecule has 41 heavy (non-hydrogen) atoms. The number of aliphatic carboxylic acids is 1. The van der Waals surface area contributed by atoms with E-state index >= 15 is 0 Å². The molecule has 0 unspecified atom stereocenters. The van der Waals surface area contributed by atoms with Crippen molar-refractivity contribution in [1.82, 2.24) is 21.3 Å². The highest BCUT2D eigenvalue weighted by molar-refractivity contribution is 5.94. The highest BCUT2D eigenvalue weighted by Crippen LogP contribution is 2.11. The van der Waals surface area contributed by atoms with Crippen LogP contribution in [0.4, 0.5) is 0 Å². The summed E-state index contributed by atoms with van der Waals surface area (Å²) in [5.74, 6) is -3.63. The predicted octanol–water partition coefficient (Wildman–Crippen LogP) is 0.226. The molecule has 0 aliphatic heterocycles. The molecule has 0 aliphatic carbocycles. The SMILES string of the molecule is CC(C)C[C@@H](NC(=O)[C@@H](Cc1ccccc1)NC(=O)[C@@H](C)NC(=O)CNC(=O)[C@H](N)Cc1ccc(O)cc1)C(=O)O. The van der Waals surface area contributed by atoms with E-state index in [1.807, 2.05) is 13.8 Å². The lowest BCUT2D eigenvalue weighted by Gasteiger charge is -2.24. The van der Waals surface area contributed by atoms with Crippen LogP contribution in [0.25, 0.3) is 0 Å². The molecule has 2 aromatic rings. The molecular weight excluding hydrogens is 530 g/mol. The summed E-state index contributed by atoms with van der Waals surface area (Å²) in [6, 6.07) is 10.9. The first kappa shape index (κ1) is 32.8. The van der Waals surface area contributed by atoms with Gasteiger partial charge in [-0.05, 0) is 48.9 Å². The van der Waals surface area contributed by atoms with Crippen molar-refractivity contribution < 1.29 is 34.2 Å². The second-order valence-corrected chi connectivity index (χ2v) is 10.3. The molecule has 222 valence electrons. The van der Waals surface area contributed by atoms with Gasteiger partial charge in [-0.3, -0.25) is 19.2 Å². The molecule has 4 atom stereocenters. The van der Waals surface area contributed by atoms with Crippen LogP contribution in [0.3, 0.4) is 0 Å². The number of rotatable bonds is 15. The van der Waals surface area contributed by atoms with E-state index in [0.717, 1.165) is 11.1 Å². The fraction of sp³-hybridized carbons (Fsp3) is 0.414. The van der Waals surface area contributed by atoms with Gasteiger partial charge in [-0.2, -0.15) is 0 Å². The fourth-order valence-corrected chi connectivity index (χ4v) is 3.96. The van der Waals surface area contributed by atoms with Gasteiger partial charge in [0.05, 0.1) is 12.6 Å². The summed E-state index contributed by atoms with van der Waals surface area (Å²) in [5, 5.41) is 28.9. The molecule has 0 saturated carbocycles. The number of carboxylic acid groups (broad SMARTS) is 1. The van der Waals surface area contributed by atoms with Crippen molar-refractivity contribution in [3.05, 3.63) is 65.7 Å². The van der Waals surface area contributed by atoms with E-state index in [9.17, 15) is 34.2 Å². The summed E-state index contributed by atoms with van der Waals surface area (Å²) in [6.45, 7) is 4.66. The molecule has 0 saturated heterocycles. The van der Waals surface area contributed by atoms with E-state index in [1.165, 1.54) is 19.1 Å². The Bertz CT molecular complexity index is 1190. The lowest BCUT2D eigenvalue weighted by Crippen LogP contribution is -2.56. The minimum atomic E-state index is -1.18. The Balaban J connectivity index is 1.95. The molecule has 2 rings (SSSR count). The number of carboxylic acids is 1. The maximum absolute atomic E-state index is 13.1. The summed E-state index contributed by atoms with van der Waals surface area (Å²) in [6.07, 6.45) is 0.503. The number of phenolic OH excluding ortho intramolecular Hbond substituents is 1. The van der Waals surface area contributed by atoms with E-state index in [4.69, 9.17) is 5.73 Å². The van der Waals surface area contributed by atoms with Crippen LogP contribution in [0.1, 0.15) is 38.3 Å². The standard InChI is InChI=1S/C29H39N5O7/c1-17(2)13-24(29(40)41)34-28(39)23(15-19-7-5-4-6-8-19)33-26(37)18(3)32-25(36)16-31-27(38)22(30)14-20-9-11-21(35)12-10-20/h4-12,17-18,22-24,35H,13-16,30H2,1-3H3,(H,31,38)(H,32,36)(H,33,37)(H,34,39)(H,40,41)/t18-,22-,23-,24-/m1/s1. The summed E-state index contributed by atoms with van der Waals surface area (Å²) in [4.78, 5) is 62.3. The van der Waals surface area contributed by atoms with Crippen molar-refractivity contribution in [2.45, 2.75) is 64.2 Å². The number of benzene rings is 2. The Morgan fingerprint density at radius 2 is 1.34 bits per heavy atom. The van der Waals surface area contributed by atoms with Gasteiger partial charge in [-0.15, -0.1) is 0 Å². The van der Waals surface area contributed by atoms with Gasteiger partial charge in [0.25, 0.3) is 0 Å². The zero-order chi connectivity index (χ0) is 30.5. The summed E-state index contributed by atoms with van der Waals surface area (Å²) in [5.41, 5.74) is 7.38. The van der Waals surface area contributed by atoms with Crippen LogP contribution < -0.4 is 27.0 Å². The Morgan fingerprint density at radius 3 is 1.93 bits per heavy atom. The number of nitrogens with one attached hydrogen (secondary N) is 4. The third-order valence-electron chi connectivity index (χ3n) is 6.16. The highest BCUT2D eigenvalue weighted by atomic mass is 16.4. The summed E-state index contributed by atoms with van der Waals surface area (Å²) < 4.78 is 0. The molecule has 4 amide bonds. The van der Waals surface area contributed by atoms with E-state index in [1.54, 1.807) is 42.5 Å². The number of phenols is 1. The lowest BCUT2D eigenvalue weighted by molar-refractivity contribution is -0.142. The third kappa shape index (κ3) is 11.7. The first-order valence-electron chi connectivity index (χ1n) is 13.3. The van der Waals surface area contributed by atoms with Crippen LogP contribution in [0, 0.1) is 5.92 Å². The second-order valence-electron chi connectivity index (χ2n) is 10.3. The van der Waals surface area contributed by atoms with Gasteiger partial charge in [0.15, 0.2) is 0 Å². The highest BCUT2D eigenvalue weighted by Gasteiger charge is 2.29. The number of nitrogens with two attached hydrogens (primary N) is 1. The molecule has 0 fully saturated rings. The number of aromatic hydroxyl groups is 1. The van der Waals surface area contributed by atoms with Crippen molar-refractivity contribution in [2.75, 3.05) is 6.54 Å². The van der Waals surface area contributed by atoms with Crippen LogP contribution in [-0.4, -0.2) is 70.5 Å². The number of hydrogen-bond donors (Lipinski definition) is 7. The Kier molecular flexibility index (Phi) is 12.8. The first-order valence-corrected chi connectivity index (χ1v) is 13.3. The minimum Gasteiger partial charge on any atom is -0.508 e. The van der Waals surface area contributed by atoms with E-state index in [2.05, 4.69) is 21.3 Å². The Labute approximate surface area is 239 Å². The third-order valence-corrected chi connectivity index (χ3v) is 6.16. The molecular formula is C29H39N5O7. The van der Waals surface area contributed by atoms with Crippen molar-refractivity contribution in [2.24, 2.45) is 11.7 Å². The normalized spacial score (nSPS) is 13.8. The molecule has 0 aliphatic rings. The zero-order valence-electron chi connectivity index (χ0n) is 23.4. The van der Waals surface area contributed by atoms with Crippen molar-refractivity contribution in [3.8, 4) is 5.75 Å². The molecule has 2 aromatic carbocycles. The Hall–Kier alpha value is -4.45. The average molecular weight is 570 g/mol. The maximum Gasteiger partial charge on any atom is 0.326 e. The average Bonchev–Trinajstić information content (AvgIpc) is 2.92. The van der Waals surface area contributed by atoms with Gasteiger partial charge in [0, 0.05) is 6.42 Å². The number of carbonyl (C=O) groups is 5. The van der Waals surface area contributed by atoms with Gasteiger partial charge >= 0.3 is 5.97 Å². The van der Waals surface area contributed by atoms with Crippen molar-refractivity contribution in [1.29, 1.82) is 0 Å². The van der Waals surface area contributed by atoms with Crippen molar-refractivity contribution >= 4 is 29.6 Å². The number of carbonyl (C=O) groups excluding carboxylic acids is 4. The maximum atomic E-state index is 13.1. The second kappa shape index (κ2) is 16.0. The molecule has 12 nitrogen and oxygen atoms in total. The monoisotopic (exact) mass is 569 g/mol. The minimum absolute atomic E-state index is 0.0108.